The van der Waals surface area contributed by atoms with Crippen molar-refractivity contribution in [3.63, 3.8) is 0 Å². The van der Waals surface area contributed by atoms with E-state index in [0.29, 0.717) is 11.1 Å². The highest BCUT2D eigenvalue weighted by Gasteiger charge is 2.13. The van der Waals surface area contributed by atoms with E-state index in [1.54, 1.807) is 19.1 Å². The minimum atomic E-state index is -1.39. The maximum Gasteiger partial charge on any atom is 0.332 e. The van der Waals surface area contributed by atoms with E-state index in [4.69, 9.17) is 10.2 Å². The van der Waals surface area contributed by atoms with Crippen LogP contribution in [0.3, 0.4) is 0 Å². The number of hydrogen-bond donors (Lipinski definition) is 3. The van der Waals surface area contributed by atoms with E-state index in [0.717, 1.165) is 0 Å². The van der Waals surface area contributed by atoms with Gasteiger partial charge in [0.2, 0.25) is 0 Å². The molecule has 0 spiro atoms. The summed E-state index contributed by atoms with van der Waals surface area (Å²) in [5.74, 6) is -1.07. The third-order valence-corrected chi connectivity index (χ3v) is 1.98. The number of carbonyl (C=O) groups is 1. The molecule has 1 aromatic carbocycles. The standard InChI is InChI=1S/C10H12O4/c1-6-4-7(2-3-8(6)11)5-9(12)10(13)14/h2-4,9,11-12H,5H2,1H3,(H,13,14)/t9-/m0/s1. The minimum absolute atomic E-state index is 0.0520. The molecule has 1 atom stereocenters. The maximum atomic E-state index is 10.4. The molecule has 4 nitrogen and oxygen atoms in total. The first-order valence-electron chi connectivity index (χ1n) is 4.20. The largest absolute Gasteiger partial charge is 0.508 e. The van der Waals surface area contributed by atoms with Crippen molar-refractivity contribution in [2.24, 2.45) is 0 Å². The van der Waals surface area contributed by atoms with Crippen LogP contribution in [0.5, 0.6) is 5.75 Å². The SMILES string of the molecule is Cc1cc(C[C@H](O)C(=O)O)ccc1O. The second-order valence-corrected chi connectivity index (χ2v) is 3.18. The Labute approximate surface area is 81.4 Å². The summed E-state index contributed by atoms with van der Waals surface area (Å²) in [5, 5.41) is 26.8. The number of carboxylic acids is 1. The molecule has 0 radical (unpaired) electrons. The van der Waals surface area contributed by atoms with Crippen molar-refractivity contribution in [1.29, 1.82) is 0 Å². The Balaban J connectivity index is 2.78. The lowest BCUT2D eigenvalue weighted by Gasteiger charge is -2.06. The molecule has 1 aromatic rings. The Kier molecular flexibility index (Phi) is 3.09. The Bertz CT molecular complexity index is 346. The quantitative estimate of drug-likeness (QED) is 0.664. The van der Waals surface area contributed by atoms with Crippen molar-refractivity contribution in [3.05, 3.63) is 29.3 Å². The van der Waals surface area contributed by atoms with E-state index in [-0.39, 0.29) is 12.2 Å². The van der Waals surface area contributed by atoms with Crippen LogP contribution in [-0.4, -0.2) is 27.4 Å². The summed E-state index contributed by atoms with van der Waals surface area (Å²) in [5.41, 5.74) is 1.36. The van der Waals surface area contributed by atoms with Crippen LogP contribution >= 0.6 is 0 Å². The number of aliphatic hydroxyl groups is 1. The molecule has 1 rings (SSSR count). The Morgan fingerprint density at radius 3 is 2.64 bits per heavy atom. The fraction of sp³-hybridized carbons (Fsp3) is 0.300. The molecule has 4 heteroatoms. The lowest BCUT2D eigenvalue weighted by atomic mass is 10.1. The third-order valence-electron chi connectivity index (χ3n) is 1.98. The van der Waals surface area contributed by atoms with Gasteiger partial charge in [0.1, 0.15) is 5.75 Å². The molecule has 0 fully saturated rings. The van der Waals surface area contributed by atoms with E-state index in [1.807, 2.05) is 0 Å². The molecule has 0 aliphatic heterocycles. The zero-order chi connectivity index (χ0) is 10.7. The van der Waals surface area contributed by atoms with Gasteiger partial charge in [0, 0.05) is 6.42 Å². The number of carboxylic acid groups (broad SMARTS) is 1. The molecular formula is C10H12O4. The fourth-order valence-corrected chi connectivity index (χ4v) is 1.16. The van der Waals surface area contributed by atoms with Crippen molar-refractivity contribution in [3.8, 4) is 5.75 Å². The predicted octanol–water partition coefficient (Wildman–Crippen LogP) is 0.689. The van der Waals surface area contributed by atoms with Crippen LogP contribution in [0, 0.1) is 6.92 Å². The summed E-state index contributed by atoms with van der Waals surface area (Å²) in [6, 6.07) is 4.73. The van der Waals surface area contributed by atoms with Gasteiger partial charge < -0.3 is 15.3 Å². The summed E-state index contributed by atoms with van der Waals surface area (Å²) in [4.78, 5) is 10.4. The number of aliphatic carboxylic acids is 1. The second kappa shape index (κ2) is 4.11. The topological polar surface area (TPSA) is 77.8 Å². The molecule has 0 saturated heterocycles. The fourth-order valence-electron chi connectivity index (χ4n) is 1.16. The van der Waals surface area contributed by atoms with Crippen LogP contribution in [0.4, 0.5) is 0 Å². The highest BCUT2D eigenvalue weighted by Crippen LogP contribution is 2.17. The monoisotopic (exact) mass is 196 g/mol. The van der Waals surface area contributed by atoms with Crippen molar-refractivity contribution >= 4 is 5.97 Å². The molecule has 0 aliphatic rings. The normalized spacial score (nSPS) is 12.4. The molecule has 0 amide bonds. The summed E-state index contributed by atoms with van der Waals surface area (Å²) in [6.07, 6.45) is -1.34. The lowest BCUT2D eigenvalue weighted by Crippen LogP contribution is -2.21. The zero-order valence-electron chi connectivity index (χ0n) is 7.77. The van der Waals surface area contributed by atoms with Gasteiger partial charge in [0.25, 0.3) is 0 Å². The van der Waals surface area contributed by atoms with Gasteiger partial charge in [-0.2, -0.15) is 0 Å². The average Bonchev–Trinajstić information content (AvgIpc) is 2.11. The first-order valence-corrected chi connectivity index (χ1v) is 4.20. The Hall–Kier alpha value is -1.55. The molecule has 76 valence electrons. The molecule has 14 heavy (non-hydrogen) atoms. The molecule has 0 saturated carbocycles. The van der Waals surface area contributed by atoms with Crippen LogP contribution in [-0.2, 0) is 11.2 Å². The first-order chi connectivity index (χ1) is 6.50. The smallest absolute Gasteiger partial charge is 0.332 e. The van der Waals surface area contributed by atoms with Gasteiger partial charge in [0.05, 0.1) is 0 Å². The summed E-state index contributed by atoms with van der Waals surface area (Å²) in [6.45, 7) is 1.71. The molecule has 0 unspecified atom stereocenters. The highest BCUT2D eigenvalue weighted by atomic mass is 16.4. The van der Waals surface area contributed by atoms with Gasteiger partial charge in [-0.25, -0.2) is 4.79 Å². The number of rotatable bonds is 3. The van der Waals surface area contributed by atoms with E-state index in [1.165, 1.54) is 6.07 Å². The van der Waals surface area contributed by atoms with Crippen molar-refractivity contribution in [1.82, 2.24) is 0 Å². The van der Waals surface area contributed by atoms with E-state index in [2.05, 4.69) is 0 Å². The summed E-state index contributed by atoms with van der Waals surface area (Å²) < 4.78 is 0. The Morgan fingerprint density at radius 2 is 2.14 bits per heavy atom. The van der Waals surface area contributed by atoms with Crippen LogP contribution in [0.15, 0.2) is 18.2 Å². The number of phenolic OH excluding ortho intramolecular Hbond substituents is 1. The number of benzene rings is 1. The molecular weight excluding hydrogens is 184 g/mol. The molecule has 0 aliphatic carbocycles. The molecule has 0 aromatic heterocycles. The maximum absolute atomic E-state index is 10.4. The van der Waals surface area contributed by atoms with Crippen LogP contribution in [0.1, 0.15) is 11.1 Å². The van der Waals surface area contributed by atoms with Crippen molar-refractivity contribution < 1.29 is 20.1 Å². The van der Waals surface area contributed by atoms with Crippen LogP contribution in [0.25, 0.3) is 0 Å². The van der Waals surface area contributed by atoms with E-state index in [9.17, 15) is 9.90 Å². The zero-order valence-corrected chi connectivity index (χ0v) is 7.77. The lowest BCUT2D eigenvalue weighted by molar-refractivity contribution is -0.146. The molecule has 0 bridgehead atoms. The van der Waals surface area contributed by atoms with Crippen LogP contribution < -0.4 is 0 Å². The van der Waals surface area contributed by atoms with Gasteiger partial charge >= 0.3 is 5.97 Å². The summed E-state index contributed by atoms with van der Waals surface area (Å²) >= 11 is 0. The molecule has 3 N–H and O–H groups in total. The number of aryl methyl sites for hydroxylation is 1. The van der Waals surface area contributed by atoms with Crippen LogP contribution in [0.2, 0.25) is 0 Å². The number of phenols is 1. The minimum Gasteiger partial charge on any atom is -0.508 e. The number of aliphatic hydroxyl groups excluding tert-OH is 1. The predicted molar refractivity (Wildman–Crippen MR) is 50.2 cm³/mol. The van der Waals surface area contributed by atoms with Crippen molar-refractivity contribution in [2.45, 2.75) is 19.4 Å². The average molecular weight is 196 g/mol. The van der Waals surface area contributed by atoms with E-state index < -0.39 is 12.1 Å². The van der Waals surface area contributed by atoms with Gasteiger partial charge in [-0.15, -0.1) is 0 Å². The van der Waals surface area contributed by atoms with Gasteiger partial charge in [-0.1, -0.05) is 12.1 Å². The number of aromatic hydroxyl groups is 1. The van der Waals surface area contributed by atoms with Crippen molar-refractivity contribution in [2.75, 3.05) is 0 Å². The van der Waals surface area contributed by atoms with Gasteiger partial charge in [0.15, 0.2) is 6.10 Å². The third kappa shape index (κ3) is 2.47. The van der Waals surface area contributed by atoms with E-state index >= 15 is 0 Å². The summed E-state index contributed by atoms with van der Waals surface area (Å²) in [7, 11) is 0. The second-order valence-electron chi connectivity index (χ2n) is 3.18. The van der Waals surface area contributed by atoms with Gasteiger partial charge in [-0.3, -0.25) is 0 Å². The Morgan fingerprint density at radius 1 is 1.50 bits per heavy atom. The number of hydrogen-bond acceptors (Lipinski definition) is 3. The first kappa shape index (κ1) is 10.5. The van der Waals surface area contributed by atoms with Gasteiger partial charge in [-0.05, 0) is 24.1 Å². The highest BCUT2D eigenvalue weighted by molar-refractivity contribution is 5.72. The molecule has 0 heterocycles.